The number of benzene rings is 2. The van der Waals surface area contributed by atoms with E-state index in [4.69, 9.17) is 47.0 Å². The molecule has 0 fully saturated rings. The van der Waals surface area contributed by atoms with Crippen molar-refractivity contribution in [2.24, 2.45) is 0 Å². The summed E-state index contributed by atoms with van der Waals surface area (Å²) in [5.41, 5.74) is 7.14. The largest absolute Gasteiger partial charge is 0.331 e. The van der Waals surface area contributed by atoms with E-state index in [0.717, 1.165) is 16.0 Å². The molecule has 150 valence electrons. The second kappa shape index (κ2) is 9.36. The van der Waals surface area contributed by atoms with Crippen molar-refractivity contribution in [2.45, 2.75) is 13.5 Å². The molecule has 0 unspecified atom stereocenters. The summed E-state index contributed by atoms with van der Waals surface area (Å²) in [4.78, 5) is 13.2. The number of carbonyl (C=O) groups excluding carboxylic acids is 1. The van der Waals surface area contributed by atoms with Gasteiger partial charge >= 0.3 is 0 Å². The molecule has 0 aliphatic heterocycles. The van der Waals surface area contributed by atoms with Crippen molar-refractivity contribution in [3.05, 3.63) is 57.0 Å². The van der Waals surface area contributed by atoms with Crippen LogP contribution in [0, 0.1) is 6.92 Å². The number of nitrogens with zero attached hydrogens (tertiary/aromatic N) is 4. The topological polar surface area (TPSA) is 96.8 Å². The Balaban J connectivity index is 1.55. The number of nitrogens with one attached hydrogen (secondary N) is 3. The van der Waals surface area contributed by atoms with Crippen molar-refractivity contribution in [3.8, 4) is 11.4 Å². The van der Waals surface area contributed by atoms with E-state index < -0.39 is 5.91 Å². The highest BCUT2D eigenvalue weighted by molar-refractivity contribution is 7.80. The van der Waals surface area contributed by atoms with Gasteiger partial charge in [0.1, 0.15) is 6.54 Å². The van der Waals surface area contributed by atoms with Crippen LogP contribution in [0.3, 0.4) is 0 Å². The number of hydrogen-bond donors (Lipinski definition) is 3. The molecule has 3 rings (SSSR count). The third-order valence-electron chi connectivity index (χ3n) is 3.76. The van der Waals surface area contributed by atoms with Crippen molar-refractivity contribution in [1.82, 2.24) is 31.1 Å². The number of thiocarbonyl (C=S) groups is 1. The minimum atomic E-state index is -0.432. The van der Waals surface area contributed by atoms with Crippen LogP contribution in [0.15, 0.2) is 36.4 Å². The van der Waals surface area contributed by atoms with Gasteiger partial charge in [0.05, 0.1) is 10.0 Å². The van der Waals surface area contributed by atoms with Crippen molar-refractivity contribution in [1.29, 1.82) is 0 Å². The zero-order valence-corrected chi connectivity index (χ0v) is 18.0. The van der Waals surface area contributed by atoms with Crippen LogP contribution in [-0.2, 0) is 11.3 Å². The number of rotatable bonds is 4. The van der Waals surface area contributed by atoms with Gasteiger partial charge < -0.3 is 5.32 Å². The highest BCUT2D eigenvalue weighted by Gasteiger charge is 2.14. The fraction of sp³-hybridized carbons (Fsp3) is 0.118. The molecule has 0 aliphatic carbocycles. The van der Waals surface area contributed by atoms with Crippen LogP contribution in [0.4, 0.5) is 5.69 Å². The van der Waals surface area contributed by atoms with Crippen molar-refractivity contribution in [2.75, 3.05) is 5.32 Å². The van der Waals surface area contributed by atoms with Crippen molar-refractivity contribution in [3.63, 3.8) is 0 Å². The summed E-state index contributed by atoms with van der Waals surface area (Å²) in [6.07, 6.45) is 0. The monoisotopic (exact) mass is 469 g/mol. The van der Waals surface area contributed by atoms with Gasteiger partial charge in [0, 0.05) is 16.3 Å². The molecule has 1 aromatic heterocycles. The maximum atomic E-state index is 12.1. The lowest BCUT2D eigenvalue weighted by atomic mass is 10.2. The number of anilines is 1. The van der Waals surface area contributed by atoms with E-state index in [-0.39, 0.29) is 17.5 Å². The molecule has 12 heteroatoms. The Kier molecular flexibility index (Phi) is 6.86. The molecule has 0 saturated carbocycles. The Morgan fingerprint density at radius 1 is 1.10 bits per heavy atom. The normalized spacial score (nSPS) is 10.5. The van der Waals surface area contributed by atoms with Crippen LogP contribution in [0.1, 0.15) is 5.56 Å². The number of amides is 1. The van der Waals surface area contributed by atoms with Crippen LogP contribution in [-0.4, -0.2) is 31.2 Å². The Morgan fingerprint density at radius 2 is 1.83 bits per heavy atom. The zero-order chi connectivity index (χ0) is 21.0. The summed E-state index contributed by atoms with van der Waals surface area (Å²) in [5.74, 6) is -0.176. The molecule has 1 heterocycles. The van der Waals surface area contributed by atoms with E-state index >= 15 is 0 Å². The first-order valence-corrected chi connectivity index (χ1v) is 9.72. The van der Waals surface area contributed by atoms with Crippen LogP contribution >= 0.6 is 47.0 Å². The van der Waals surface area contributed by atoms with E-state index in [9.17, 15) is 4.79 Å². The third kappa shape index (κ3) is 5.33. The maximum absolute atomic E-state index is 12.1. The average Bonchev–Trinajstić information content (AvgIpc) is 3.14. The zero-order valence-electron chi connectivity index (χ0n) is 14.9. The van der Waals surface area contributed by atoms with Gasteiger partial charge in [-0.1, -0.05) is 46.9 Å². The SMILES string of the molecule is Cc1c(Cl)cccc1NC(=S)NNC(=O)Cn1nnc(-c2cccc(Cl)c2Cl)n1. The van der Waals surface area contributed by atoms with E-state index in [1.807, 2.05) is 13.0 Å². The quantitative estimate of drug-likeness (QED) is 0.396. The second-order valence-electron chi connectivity index (χ2n) is 5.78. The number of aromatic nitrogens is 4. The van der Waals surface area contributed by atoms with Gasteiger partial charge in [-0.15, -0.1) is 10.2 Å². The second-order valence-corrected chi connectivity index (χ2v) is 7.39. The lowest BCUT2D eigenvalue weighted by Gasteiger charge is -2.13. The van der Waals surface area contributed by atoms with Gasteiger partial charge in [0.2, 0.25) is 5.82 Å². The molecule has 2 aromatic carbocycles. The van der Waals surface area contributed by atoms with Gasteiger partial charge in [-0.25, -0.2) is 0 Å². The maximum Gasteiger partial charge on any atom is 0.262 e. The van der Waals surface area contributed by atoms with Gasteiger partial charge in [0.25, 0.3) is 5.91 Å². The molecule has 0 spiro atoms. The summed E-state index contributed by atoms with van der Waals surface area (Å²) >= 11 is 23.4. The van der Waals surface area contributed by atoms with Gasteiger partial charge in [-0.3, -0.25) is 15.6 Å². The first kappa shape index (κ1) is 21.3. The molecule has 0 atom stereocenters. The molecule has 1 amide bonds. The smallest absolute Gasteiger partial charge is 0.262 e. The number of carbonyl (C=O) groups is 1. The van der Waals surface area contributed by atoms with Gasteiger partial charge in [-0.2, -0.15) is 4.80 Å². The van der Waals surface area contributed by atoms with Crippen LogP contribution in [0.25, 0.3) is 11.4 Å². The molecule has 3 N–H and O–H groups in total. The predicted molar refractivity (Wildman–Crippen MR) is 117 cm³/mol. The van der Waals surface area contributed by atoms with Gasteiger partial charge in [0.15, 0.2) is 5.11 Å². The molecule has 3 aromatic rings. The fourth-order valence-electron chi connectivity index (χ4n) is 2.29. The molecule has 0 saturated heterocycles. The Hall–Kier alpha value is -2.46. The Labute approximate surface area is 186 Å². The third-order valence-corrected chi connectivity index (χ3v) is 5.19. The number of tetrazole rings is 1. The number of hydrazine groups is 1. The lowest BCUT2D eigenvalue weighted by molar-refractivity contribution is -0.122. The highest BCUT2D eigenvalue weighted by Crippen LogP contribution is 2.31. The summed E-state index contributed by atoms with van der Waals surface area (Å²) in [7, 11) is 0. The molecule has 0 bridgehead atoms. The fourth-order valence-corrected chi connectivity index (χ4v) is 3.01. The average molecular weight is 471 g/mol. The summed E-state index contributed by atoms with van der Waals surface area (Å²) < 4.78 is 0. The van der Waals surface area contributed by atoms with Crippen LogP contribution in [0.5, 0.6) is 0 Å². The molecular formula is C17H14Cl3N7OS. The van der Waals surface area contributed by atoms with E-state index in [1.165, 1.54) is 0 Å². The minimum Gasteiger partial charge on any atom is -0.331 e. The molecule has 0 radical (unpaired) electrons. The first-order chi connectivity index (χ1) is 13.8. The minimum absolute atomic E-state index is 0.184. The standard InChI is InChI=1S/C17H14Cl3N7OS/c1-9-11(18)5-3-7-13(9)21-17(29)24-22-14(28)8-27-25-16(23-26-27)10-4-2-6-12(19)15(10)20/h2-7H,8H2,1H3,(H,22,28)(H2,21,24,29). The Bertz CT molecular complexity index is 1070. The van der Waals surface area contributed by atoms with Crippen LogP contribution in [0.2, 0.25) is 15.1 Å². The molecular weight excluding hydrogens is 457 g/mol. The summed E-state index contributed by atoms with van der Waals surface area (Å²) in [6.45, 7) is 1.67. The summed E-state index contributed by atoms with van der Waals surface area (Å²) in [5, 5.41) is 16.3. The van der Waals surface area contributed by atoms with Crippen LogP contribution < -0.4 is 16.2 Å². The first-order valence-electron chi connectivity index (χ1n) is 8.18. The highest BCUT2D eigenvalue weighted by atomic mass is 35.5. The van der Waals surface area contributed by atoms with Crippen molar-refractivity contribution < 1.29 is 4.79 Å². The van der Waals surface area contributed by atoms with E-state index in [0.29, 0.717) is 20.6 Å². The van der Waals surface area contributed by atoms with E-state index in [2.05, 4.69) is 31.6 Å². The van der Waals surface area contributed by atoms with Gasteiger partial charge in [-0.05, 0) is 54.2 Å². The summed E-state index contributed by atoms with van der Waals surface area (Å²) in [6, 6.07) is 10.5. The molecule has 8 nitrogen and oxygen atoms in total. The van der Waals surface area contributed by atoms with Crippen molar-refractivity contribution >= 4 is 63.7 Å². The lowest BCUT2D eigenvalue weighted by Crippen LogP contribution is -2.45. The molecule has 29 heavy (non-hydrogen) atoms. The number of halogens is 3. The van der Waals surface area contributed by atoms with E-state index in [1.54, 1.807) is 30.3 Å². The molecule has 0 aliphatic rings. The Morgan fingerprint density at radius 3 is 2.62 bits per heavy atom. The number of hydrogen-bond acceptors (Lipinski definition) is 5. The predicted octanol–water partition coefficient (Wildman–Crippen LogP) is 3.63.